The normalized spacial score (nSPS) is 24.3. The van der Waals surface area contributed by atoms with Crippen molar-refractivity contribution in [2.24, 2.45) is 5.16 Å². The van der Waals surface area contributed by atoms with E-state index in [2.05, 4.69) is 15.2 Å². The lowest BCUT2D eigenvalue weighted by Gasteiger charge is -2.42. The zero-order valence-corrected chi connectivity index (χ0v) is 20.1. The molecule has 1 N–H and O–H groups in total. The molecular formula is C24H26F2N4O6. The number of nitrogens with zero attached hydrogens (tertiary/aromatic N) is 3. The van der Waals surface area contributed by atoms with Crippen molar-refractivity contribution in [3.05, 3.63) is 70.1 Å². The average Bonchev–Trinajstić information content (AvgIpc) is 3.25. The Morgan fingerprint density at radius 3 is 2.36 bits per heavy atom. The first-order valence-electron chi connectivity index (χ1n) is 11.0. The van der Waals surface area contributed by atoms with Crippen LogP contribution in [0.1, 0.15) is 12.5 Å². The van der Waals surface area contributed by atoms with E-state index in [4.69, 9.17) is 23.8 Å². The minimum Gasteiger partial charge on any atom is -0.376 e. The van der Waals surface area contributed by atoms with Crippen LogP contribution in [0.5, 0.6) is 0 Å². The highest BCUT2D eigenvalue weighted by Gasteiger charge is 2.46. The highest BCUT2D eigenvalue weighted by atomic mass is 19.1. The lowest BCUT2D eigenvalue weighted by atomic mass is 9.99. The molecule has 4 rings (SSSR count). The van der Waals surface area contributed by atoms with Crippen LogP contribution in [-0.2, 0) is 23.8 Å². The molecule has 1 aromatic heterocycles. The number of H-pyrrole nitrogens is 1. The first-order chi connectivity index (χ1) is 17.4. The molecule has 12 heteroatoms. The second-order valence-corrected chi connectivity index (χ2v) is 8.06. The number of ether oxygens (including phenoxy) is 4. The minimum atomic E-state index is -0.900. The number of oxime groups is 1. The third kappa shape index (κ3) is 5.21. The lowest BCUT2D eigenvalue weighted by Crippen LogP contribution is -2.59. The summed E-state index contributed by atoms with van der Waals surface area (Å²) < 4.78 is 50.4. The molecule has 0 aliphatic carbocycles. The Balaban J connectivity index is 1.45. The molecule has 0 amide bonds. The number of benzene rings is 2. The molecule has 0 unspecified atom stereocenters. The Morgan fingerprint density at radius 2 is 1.72 bits per heavy atom. The number of halogens is 2. The van der Waals surface area contributed by atoms with Gasteiger partial charge < -0.3 is 23.8 Å². The van der Waals surface area contributed by atoms with Gasteiger partial charge in [-0.1, -0.05) is 29.4 Å². The molecule has 10 nitrogen and oxygen atoms in total. The maximum atomic E-state index is 14.1. The molecule has 192 valence electrons. The van der Waals surface area contributed by atoms with Crippen molar-refractivity contribution < 1.29 is 32.6 Å². The minimum absolute atomic E-state index is 0.161. The number of aromatic amines is 1. The van der Waals surface area contributed by atoms with Crippen molar-refractivity contribution in [2.75, 3.05) is 21.3 Å². The van der Waals surface area contributed by atoms with Gasteiger partial charge in [0.2, 0.25) is 0 Å². The third-order valence-electron chi connectivity index (χ3n) is 5.85. The van der Waals surface area contributed by atoms with Gasteiger partial charge in [-0.05, 0) is 24.6 Å². The molecular weight excluding hydrogens is 478 g/mol. The summed E-state index contributed by atoms with van der Waals surface area (Å²) in [6, 6.07) is 9.74. The fourth-order valence-electron chi connectivity index (χ4n) is 4.05. The Labute approximate surface area is 205 Å². The third-order valence-corrected chi connectivity index (χ3v) is 5.85. The Kier molecular flexibility index (Phi) is 7.89. The Morgan fingerprint density at radius 1 is 1.03 bits per heavy atom. The van der Waals surface area contributed by atoms with Gasteiger partial charge >= 0.3 is 5.69 Å². The molecule has 2 heterocycles. The van der Waals surface area contributed by atoms with Crippen molar-refractivity contribution in [2.45, 2.75) is 37.6 Å². The molecule has 0 spiro atoms. The zero-order valence-electron chi connectivity index (χ0n) is 20.1. The Hall–Kier alpha value is -3.45. The maximum absolute atomic E-state index is 14.1. The average molecular weight is 504 g/mol. The van der Waals surface area contributed by atoms with Gasteiger partial charge in [-0.25, -0.2) is 13.6 Å². The van der Waals surface area contributed by atoms with Gasteiger partial charge in [-0.3, -0.25) is 4.98 Å². The van der Waals surface area contributed by atoms with Crippen LogP contribution in [0.2, 0.25) is 0 Å². The van der Waals surface area contributed by atoms with Gasteiger partial charge in [0.05, 0.1) is 12.3 Å². The van der Waals surface area contributed by atoms with E-state index in [1.807, 2.05) is 6.92 Å². The molecule has 1 fully saturated rings. The predicted molar refractivity (Wildman–Crippen MR) is 125 cm³/mol. The summed E-state index contributed by atoms with van der Waals surface area (Å²) in [6.45, 7) is 1.85. The van der Waals surface area contributed by atoms with E-state index >= 15 is 0 Å². The fourth-order valence-corrected chi connectivity index (χ4v) is 4.05. The second-order valence-electron chi connectivity index (χ2n) is 8.06. The molecule has 1 saturated heterocycles. The summed E-state index contributed by atoms with van der Waals surface area (Å²) in [5.74, 6) is -1.43. The lowest BCUT2D eigenvalue weighted by molar-refractivity contribution is -0.305. The summed E-state index contributed by atoms with van der Waals surface area (Å²) in [5.41, 5.74) is 0.449. The van der Waals surface area contributed by atoms with Gasteiger partial charge in [0, 0.05) is 33.0 Å². The van der Waals surface area contributed by atoms with Crippen LogP contribution in [0.3, 0.4) is 0 Å². The Bertz CT molecular complexity index is 1260. The molecule has 3 aromatic rings. The van der Waals surface area contributed by atoms with Gasteiger partial charge in [-0.15, -0.1) is 5.10 Å². The van der Waals surface area contributed by atoms with Crippen LogP contribution < -0.4 is 5.69 Å². The first kappa shape index (κ1) is 25.6. The van der Waals surface area contributed by atoms with Crippen molar-refractivity contribution in [1.82, 2.24) is 14.8 Å². The number of nitrogens with one attached hydrogen (secondary N) is 1. The van der Waals surface area contributed by atoms with E-state index in [-0.39, 0.29) is 23.7 Å². The van der Waals surface area contributed by atoms with Crippen LogP contribution in [0.15, 0.2) is 52.4 Å². The van der Waals surface area contributed by atoms with E-state index in [9.17, 15) is 13.6 Å². The molecule has 36 heavy (non-hydrogen) atoms. The van der Waals surface area contributed by atoms with E-state index in [1.54, 1.807) is 38.5 Å². The molecule has 0 bridgehead atoms. The van der Waals surface area contributed by atoms with Gasteiger partial charge in [0.15, 0.2) is 17.7 Å². The molecule has 1 aliphatic rings. The van der Waals surface area contributed by atoms with Crippen molar-refractivity contribution >= 4 is 6.21 Å². The second kappa shape index (κ2) is 11.1. The quantitative estimate of drug-likeness (QED) is 0.371. The topological polar surface area (TPSA) is 109 Å². The highest BCUT2D eigenvalue weighted by molar-refractivity contribution is 5.80. The molecule has 5 atom stereocenters. The number of aromatic nitrogens is 3. The van der Waals surface area contributed by atoms with E-state index in [0.717, 1.165) is 16.8 Å². The standard InChI is InChI=1S/C24H26F2N4O6/c1-13-19(32-2)20(33-3)21(34-4)23(35-13)36-27-12-14-5-7-15(8-6-14)22-28-24(31)30(29-22)18-10-9-16(25)11-17(18)26/h5-13,19-21,23H,1-4H3,(H,28,29,31)/b27-12+/t13-,19-,20+,21+,23-/m0/s1. The summed E-state index contributed by atoms with van der Waals surface area (Å²) in [5, 5.41) is 8.14. The van der Waals surface area contributed by atoms with Crippen LogP contribution >= 0.6 is 0 Å². The van der Waals surface area contributed by atoms with E-state index in [1.165, 1.54) is 13.3 Å². The number of hydrogen-bond acceptors (Lipinski definition) is 8. The van der Waals surface area contributed by atoms with Gasteiger partial charge in [-0.2, -0.15) is 4.68 Å². The maximum Gasteiger partial charge on any atom is 0.348 e. The highest BCUT2D eigenvalue weighted by Crippen LogP contribution is 2.27. The van der Waals surface area contributed by atoms with Crippen LogP contribution in [0.25, 0.3) is 17.1 Å². The molecule has 1 aliphatic heterocycles. The summed E-state index contributed by atoms with van der Waals surface area (Å²) in [7, 11) is 4.67. The summed E-state index contributed by atoms with van der Waals surface area (Å²) in [6.07, 6.45) is -0.925. The fraction of sp³-hybridized carbons (Fsp3) is 0.375. The molecule has 2 aromatic carbocycles. The molecule has 0 radical (unpaired) electrons. The first-order valence-corrected chi connectivity index (χ1v) is 11.0. The van der Waals surface area contributed by atoms with Gasteiger partial charge in [0.25, 0.3) is 6.29 Å². The zero-order chi connectivity index (χ0) is 25.8. The number of methoxy groups -OCH3 is 3. The predicted octanol–water partition coefficient (Wildman–Crippen LogP) is 2.65. The SMILES string of the molecule is CO[C@@H]1[C@@H](OC)[C@H](C)O[C@@H](O/N=C/c2ccc(-c3nn(-c4ccc(F)cc4F)c(=O)[nH]3)cc2)[C@@H]1OC. The smallest absolute Gasteiger partial charge is 0.348 e. The number of hydrogen-bond donors (Lipinski definition) is 1. The van der Waals surface area contributed by atoms with Crippen LogP contribution in [-0.4, -0.2) is 73.0 Å². The van der Waals surface area contributed by atoms with Gasteiger partial charge in [0.1, 0.15) is 23.7 Å². The van der Waals surface area contributed by atoms with Crippen LogP contribution in [0.4, 0.5) is 8.78 Å². The summed E-state index contributed by atoms with van der Waals surface area (Å²) in [4.78, 5) is 20.4. The molecule has 0 saturated carbocycles. The van der Waals surface area contributed by atoms with Crippen molar-refractivity contribution in [1.29, 1.82) is 0 Å². The van der Waals surface area contributed by atoms with E-state index in [0.29, 0.717) is 17.2 Å². The van der Waals surface area contributed by atoms with Crippen LogP contribution in [0, 0.1) is 11.6 Å². The van der Waals surface area contributed by atoms with E-state index < -0.39 is 35.8 Å². The monoisotopic (exact) mass is 504 g/mol. The largest absolute Gasteiger partial charge is 0.376 e. The summed E-state index contributed by atoms with van der Waals surface area (Å²) >= 11 is 0. The van der Waals surface area contributed by atoms with Crippen molar-refractivity contribution in [3.63, 3.8) is 0 Å². The van der Waals surface area contributed by atoms with Crippen molar-refractivity contribution in [3.8, 4) is 17.1 Å². The number of rotatable bonds is 8.